The molecule has 0 saturated heterocycles. The summed E-state index contributed by atoms with van der Waals surface area (Å²) in [6.07, 6.45) is 2.28. The number of amides is 1. The van der Waals surface area contributed by atoms with E-state index in [-0.39, 0.29) is 17.4 Å². The monoisotopic (exact) mass is 350 g/mol. The van der Waals surface area contributed by atoms with Gasteiger partial charge in [0.25, 0.3) is 5.91 Å². The highest BCUT2D eigenvalue weighted by atomic mass is 19.1. The molecular formula is C20H19FN4O. The van der Waals surface area contributed by atoms with Crippen molar-refractivity contribution in [2.45, 2.75) is 19.9 Å². The second-order valence-electron chi connectivity index (χ2n) is 5.77. The van der Waals surface area contributed by atoms with Crippen LogP contribution in [-0.4, -0.2) is 15.9 Å². The first kappa shape index (κ1) is 17.5. The van der Waals surface area contributed by atoms with Gasteiger partial charge in [0, 0.05) is 18.3 Å². The third-order valence-electron chi connectivity index (χ3n) is 3.91. The zero-order chi connectivity index (χ0) is 18.4. The summed E-state index contributed by atoms with van der Waals surface area (Å²) in [6.45, 7) is 2.55. The van der Waals surface area contributed by atoms with Gasteiger partial charge in [0.1, 0.15) is 23.7 Å². The lowest BCUT2D eigenvalue weighted by atomic mass is 10.1. The number of carbonyl (C=O) groups is 1. The highest BCUT2D eigenvalue weighted by Crippen LogP contribution is 2.13. The van der Waals surface area contributed by atoms with Crippen molar-refractivity contribution in [3.05, 3.63) is 83.6 Å². The van der Waals surface area contributed by atoms with Gasteiger partial charge in [-0.1, -0.05) is 31.2 Å². The fourth-order valence-electron chi connectivity index (χ4n) is 2.39. The molecule has 1 amide bonds. The van der Waals surface area contributed by atoms with Crippen molar-refractivity contribution in [3.8, 4) is 0 Å². The predicted molar refractivity (Wildman–Crippen MR) is 99.5 cm³/mol. The molecule has 0 aliphatic heterocycles. The van der Waals surface area contributed by atoms with E-state index in [0.717, 1.165) is 12.0 Å². The molecule has 0 saturated carbocycles. The number of aromatic nitrogens is 2. The van der Waals surface area contributed by atoms with Crippen LogP contribution < -0.4 is 10.6 Å². The standard InChI is InChI=1S/C20H19FN4O/c1-2-14-5-9-17(10-6-14)25-20(26)18-11-19(24-13-23-18)22-12-15-3-7-16(21)8-4-15/h3-11,13H,2,12H2,1H3,(H,25,26)(H,22,23,24). The van der Waals surface area contributed by atoms with Gasteiger partial charge in [-0.15, -0.1) is 0 Å². The van der Waals surface area contributed by atoms with Crippen LogP contribution in [0.1, 0.15) is 28.5 Å². The number of carbonyl (C=O) groups excluding carboxylic acids is 1. The van der Waals surface area contributed by atoms with Gasteiger partial charge in [0.15, 0.2) is 0 Å². The van der Waals surface area contributed by atoms with Crippen LogP contribution in [0.4, 0.5) is 15.9 Å². The van der Waals surface area contributed by atoms with Crippen LogP contribution in [0.25, 0.3) is 0 Å². The third kappa shape index (κ3) is 4.63. The molecule has 0 bridgehead atoms. The minimum atomic E-state index is -0.304. The Morgan fingerprint density at radius 2 is 1.69 bits per heavy atom. The van der Waals surface area contributed by atoms with Crippen molar-refractivity contribution < 1.29 is 9.18 Å². The first-order valence-corrected chi connectivity index (χ1v) is 8.34. The van der Waals surface area contributed by atoms with Crippen molar-refractivity contribution >= 4 is 17.4 Å². The molecule has 0 aliphatic rings. The van der Waals surface area contributed by atoms with Gasteiger partial charge in [-0.25, -0.2) is 14.4 Å². The first-order valence-electron chi connectivity index (χ1n) is 8.34. The van der Waals surface area contributed by atoms with Crippen LogP contribution in [-0.2, 0) is 13.0 Å². The van der Waals surface area contributed by atoms with E-state index in [1.54, 1.807) is 18.2 Å². The number of anilines is 2. The summed E-state index contributed by atoms with van der Waals surface area (Å²) >= 11 is 0. The Bertz CT molecular complexity index is 879. The normalized spacial score (nSPS) is 10.4. The molecule has 132 valence electrons. The van der Waals surface area contributed by atoms with E-state index < -0.39 is 0 Å². The summed E-state index contributed by atoms with van der Waals surface area (Å²) in [7, 11) is 0. The zero-order valence-electron chi connectivity index (χ0n) is 14.4. The van der Waals surface area contributed by atoms with E-state index >= 15 is 0 Å². The Kier molecular flexibility index (Phi) is 5.53. The molecular weight excluding hydrogens is 331 g/mol. The lowest BCUT2D eigenvalue weighted by Gasteiger charge is -2.08. The van der Waals surface area contributed by atoms with Crippen LogP contribution in [0.15, 0.2) is 60.9 Å². The molecule has 3 rings (SSSR count). The summed E-state index contributed by atoms with van der Waals surface area (Å²) in [5.74, 6) is -0.0565. The Hall–Kier alpha value is -3.28. The molecule has 26 heavy (non-hydrogen) atoms. The summed E-state index contributed by atoms with van der Waals surface area (Å²) < 4.78 is 12.9. The average molecular weight is 350 g/mol. The second-order valence-corrected chi connectivity index (χ2v) is 5.77. The lowest BCUT2D eigenvalue weighted by Crippen LogP contribution is -2.14. The maximum Gasteiger partial charge on any atom is 0.274 e. The van der Waals surface area contributed by atoms with Crippen molar-refractivity contribution in [2.75, 3.05) is 10.6 Å². The number of benzene rings is 2. The minimum absolute atomic E-state index is 0.265. The maximum atomic E-state index is 12.9. The van der Waals surface area contributed by atoms with Gasteiger partial charge >= 0.3 is 0 Å². The first-order chi connectivity index (χ1) is 12.6. The predicted octanol–water partition coefficient (Wildman–Crippen LogP) is 4.04. The van der Waals surface area contributed by atoms with Gasteiger partial charge in [-0.05, 0) is 41.8 Å². The molecule has 0 aliphatic carbocycles. The van der Waals surface area contributed by atoms with Gasteiger partial charge in [0.05, 0.1) is 0 Å². The molecule has 5 nitrogen and oxygen atoms in total. The SMILES string of the molecule is CCc1ccc(NC(=O)c2cc(NCc3ccc(F)cc3)ncn2)cc1. The van der Waals surface area contributed by atoms with Crippen LogP contribution in [0, 0.1) is 5.82 Å². The Morgan fingerprint density at radius 3 is 2.38 bits per heavy atom. The number of rotatable bonds is 6. The van der Waals surface area contributed by atoms with Crippen LogP contribution in [0.2, 0.25) is 0 Å². The summed E-state index contributed by atoms with van der Waals surface area (Å²) in [6, 6.07) is 15.5. The van der Waals surface area contributed by atoms with Gasteiger partial charge in [0.2, 0.25) is 0 Å². The molecule has 0 spiro atoms. The van der Waals surface area contributed by atoms with E-state index in [9.17, 15) is 9.18 Å². The van der Waals surface area contributed by atoms with Crippen molar-refractivity contribution in [1.29, 1.82) is 0 Å². The number of halogens is 1. The molecule has 2 aromatic carbocycles. The third-order valence-corrected chi connectivity index (χ3v) is 3.91. The maximum absolute atomic E-state index is 12.9. The molecule has 2 N–H and O–H groups in total. The summed E-state index contributed by atoms with van der Waals surface area (Å²) in [5.41, 5.74) is 3.09. The van der Waals surface area contributed by atoms with Crippen LogP contribution in [0.5, 0.6) is 0 Å². The number of nitrogens with one attached hydrogen (secondary N) is 2. The Labute approximate surface area is 151 Å². The topological polar surface area (TPSA) is 66.9 Å². The van der Waals surface area contributed by atoms with E-state index in [1.165, 1.54) is 24.0 Å². The summed E-state index contributed by atoms with van der Waals surface area (Å²) in [5, 5.41) is 5.92. The van der Waals surface area contributed by atoms with Gasteiger partial charge in [-0.3, -0.25) is 4.79 Å². The largest absolute Gasteiger partial charge is 0.366 e. The highest BCUT2D eigenvalue weighted by molar-refractivity contribution is 6.03. The molecule has 1 aromatic heterocycles. The van der Waals surface area contributed by atoms with E-state index in [0.29, 0.717) is 18.1 Å². The molecule has 6 heteroatoms. The Balaban J connectivity index is 1.63. The summed E-state index contributed by atoms with van der Waals surface area (Å²) in [4.78, 5) is 20.5. The Morgan fingerprint density at radius 1 is 1.00 bits per heavy atom. The van der Waals surface area contributed by atoms with Gasteiger partial charge in [-0.2, -0.15) is 0 Å². The van der Waals surface area contributed by atoms with Crippen LogP contribution >= 0.6 is 0 Å². The molecule has 3 aromatic rings. The van der Waals surface area contributed by atoms with Crippen LogP contribution in [0.3, 0.4) is 0 Å². The van der Waals surface area contributed by atoms with E-state index in [1.807, 2.05) is 24.3 Å². The smallest absolute Gasteiger partial charge is 0.274 e. The molecule has 0 radical (unpaired) electrons. The fraction of sp³-hybridized carbons (Fsp3) is 0.150. The minimum Gasteiger partial charge on any atom is -0.366 e. The average Bonchev–Trinajstić information content (AvgIpc) is 2.68. The highest BCUT2D eigenvalue weighted by Gasteiger charge is 2.09. The zero-order valence-corrected chi connectivity index (χ0v) is 14.4. The number of aryl methyl sites for hydroxylation is 1. The number of nitrogens with zero attached hydrogens (tertiary/aromatic N) is 2. The van der Waals surface area contributed by atoms with E-state index in [4.69, 9.17) is 0 Å². The van der Waals surface area contributed by atoms with Crippen molar-refractivity contribution in [1.82, 2.24) is 9.97 Å². The number of hydrogen-bond acceptors (Lipinski definition) is 4. The van der Waals surface area contributed by atoms with Crippen molar-refractivity contribution in [3.63, 3.8) is 0 Å². The molecule has 0 atom stereocenters. The van der Waals surface area contributed by atoms with E-state index in [2.05, 4.69) is 27.5 Å². The number of hydrogen-bond donors (Lipinski definition) is 2. The van der Waals surface area contributed by atoms with Crippen molar-refractivity contribution in [2.24, 2.45) is 0 Å². The molecule has 0 fully saturated rings. The quantitative estimate of drug-likeness (QED) is 0.704. The fourth-order valence-corrected chi connectivity index (χ4v) is 2.39. The molecule has 0 unspecified atom stereocenters. The van der Waals surface area contributed by atoms with Gasteiger partial charge < -0.3 is 10.6 Å². The second kappa shape index (κ2) is 8.20. The molecule has 1 heterocycles. The lowest BCUT2D eigenvalue weighted by molar-refractivity contribution is 0.102.